The van der Waals surface area contributed by atoms with Gasteiger partial charge in [-0.25, -0.2) is 0 Å². The molecule has 3 atom stereocenters. The number of aliphatic hydroxyl groups excluding tert-OH is 1. The van der Waals surface area contributed by atoms with Gasteiger partial charge in [0.1, 0.15) is 0 Å². The molecule has 0 saturated carbocycles. The summed E-state index contributed by atoms with van der Waals surface area (Å²) in [6, 6.07) is 15.7. The number of anilines is 1. The van der Waals surface area contributed by atoms with Crippen LogP contribution in [0.3, 0.4) is 0 Å². The summed E-state index contributed by atoms with van der Waals surface area (Å²) in [6.07, 6.45) is 0.813. The average molecular weight is 387 g/mol. The fourth-order valence-electron chi connectivity index (χ4n) is 3.78. The number of carbonyl (C=O) groups is 1. The van der Waals surface area contributed by atoms with E-state index in [1.807, 2.05) is 53.4 Å². The number of amides is 1. The molecular formula is C19H19BrN2O2. The number of halogens is 1. The van der Waals surface area contributed by atoms with Crippen molar-refractivity contribution >= 4 is 27.5 Å². The van der Waals surface area contributed by atoms with E-state index in [4.69, 9.17) is 0 Å². The van der Waals surface area contributed by atoms with Gasteiger partial charge in [0.05, 0.1) is 18.2 Å². The van der Waals surface area contributed by atoms with Crippen LogP contribution < -0.4 is 5.32 Å². The van der Waals surface area contributed by atoms with Crippen LogP contribution in [0.2, 0.25) is 0 Å². The molecule has 124 valence electrons. The van der Waals surface area contributed by atoms with Gasteiger partial charge in [-0.3, -0.25) is 4.79 Å². The SMILES string of the molecule is O=C1c2ccccc2[C@@H]2C[C@H](Nc3cccc(Br)c3)[C@@H](O)CCN12. The number of hydrogen-bond acceptors (Lipinski definition) is 3. The summed E-state index contributed by atoms with van der Waals surface area (Å²) in [5, 5.41) is 14.0. The number of nitrogens with zero attached hydrogens (tertiary/aromatic N) is 1. The van der Waals surface area contributed by atoms with E-state index in [-0.39, 0.29) is 18.0 Å². The van der Waals surface area contributed by atoms with Gasteiger partial charge in [-0.1, -0.05) is 40.2 Å². The fourth-order valence-corrected chi connectivity index (χ4v) is 4.17. The van der Waals surface area contributed by atoms with Gasteiger partial charge in [-0.05, 0) is 42.7 Å². The minimum atomic E-state index is -0.477. The molecular weight excluding hydrogens is 368 g/mol. The van der Waals surface area contributed by atoms with Crippen LogP contribution in [0.15, 0.2) is 53.0 Å². The van der Waals surface area contributed by atoms with Crippen molar-refractivity contribution in [2.75, 3.05) is 11.9 Å². The van der Waals surface area contributed by atoms with E-state index in [0.717, 1.165) is 21.3 Å². The van der Waals surface area contributed by atoms with Crippen LogP contribution in [0.1, 0.15) is 34.8 Å². The van der Waals surface area contributed by atoms with Crippen LogP contribution in [0.5, 0.6) is 0 Å². The van der Waals surface area contributed by atoms with Crippen molar-refractivity contribution in [2.24, 2.45) is 0 Å². The Balaban J connectivity index is 1.62. The number of hydrogen-bond donors (Lipinski definition) is 2. The van der Waals surface area contributed by atoms with Gasteiger partial charge in [0.15, 0.2) is 0 Å². The molecule has 0 radical (unpaired) electrons. The smallest absolute Gasteiger partial charge is 0.254 e. The Morgan fingerprint density at radius 2 is 2.00 bits per heavy atom. The quantitative estimate of drug-likeness (QED) is 0.828. The first-order chi connectivity index (χ1) is 11.6. The molecule has 2 aliphatic rings. The van der Waals surface area contributed by atoms with Crippen molar-refractivity contribution in [3.63, 3.8) is 0 Å². The van der Waals surface area contributed by atoms with Gasteiger partial charge in [0.25, 0.3) is 5.91 Å². The lowest BCUT2D eigenvalue weighted by atomic mass is 9.96. The first-order valence-corrected chi connectivity index (χ1v) is 9.03. The maximum absolute atomic E-state index is 12.6. The highest BCUT2D eigenvalue weighted by Crippen LogP contribution is 2.39. The average Bonchev–Trinajstić information content (AvgIpc) is 2.73. The lowest BCUT2D eigenvalue weighted by molar-refractivity contribution is 0.0724. The highest BCUT2D eigenvalue weighted by atomic mass is 79.9. The molecule has 1 saturated heterocycles. The number of fused-ring (bicyclic) bond motifs is 3. The molecule has 5 heteroatoms. The van der Waals surface area contributed by atoms with E-state index in [0.29, 0.717) is 19.4 Å². The molecule has 0 spiro atoms. The zero-order valence-electron chi connectivity index (χ0n) is 13.2. The Labute approximate surface area is 149 Å². The van der Waals surface area contributed by atoms with E-state index in [1.165, 1.54) is 0 Å². The van der Waals surface area contributed by atoms with Crippen molar-refractivity contribution in [1.29, 1.82) is 0 Å². The Kier molecular flexibility index (Phi) is 4.06. The zero-order valence-corrected chi connectivity index (χ0v) is 14.7. The predicted octanol–water partition coefficient (Wildman–Crippen LogP) is 3.58. The highest BCUT2D eigenvalue weighted by molar-refractivity contribution is 9.10. The molecule has 1 amide bonds. The lowest BCUT2D eigenvalue weighted by Crippen LogP contribution is -2.33. The van der Waals surface area contributed by atoms with E-state index < -0.39 is 6.10 Å². The second-order valence-corrected chi connectivity index (χ2v) is 7.37. The molecule has 2 heterocycles. The van der Waals surface area contributed by atoms with Crippen LogP contribution in [0.25, 0.3) is 0 Å². The number of rotatable bonds is 2. The van der Waals surface area contributed by atoms with Gasteiger partial charge in [0.2, 0.25) is 0 Å². The summed E-state index contributed by atoms with van der Waals surface area (Å²) in [6.45, 7) is 0.593. The summed E-state index contributed by atoms with van der Waals surface area (Å²) >= 11 is 3.48. The minimum absolute atomic E-state index is 0.0375. The molecule has 2 aromatic carbocycles. The van der Waals surface area contributed by atoms with E-state index in [1.54, 1.807) is 0 Å². The third-order valence-electron chi connectivity index (χ3n) is 4.97. The molecule has 4 rings (SSSR count). The third-order valence-corrected chi connectivity index (χ3v) is 5.46. The Hall–Kier alpha value is -1.85. The molecule has 2 aliphatic heterocycles. The molecule has 2 aromatic rings. The Bertz CT molecular complexity index is 779. The minimum Gasteiger partial charge on any atom is -0.391 e. The molecule has 0 aliphatic carbocycles. The largest absolute Gasteiger partial charge is 0.391 e. The number of nitrogens with one attached hydrogen (secondary N) is 1. The summed E-state index contributed by atoms with van der Waals surface area (Å²) in [7, 11) is 0. The lowest BCUT2D eigenvalue weighted by Gasteiger charge is -2.26. The van der Waals surface area contributed by atoms with Crippen LogP contribution in [-0.2, 0) is 0 Å². The van der Waals surface area contributed by atoms with Crippen LogP contribution >= 0.6 is 15.9 Å². The van der Waals surface area contributed by atoms with Crippen molar-refractivity contribution in [3.05, 3.63) is 64.1 Å². The van der Waals surface area contributed by atoms with Gasteiger partial charge in [-0.2, -0.15) is 0 Å². The van der Waals surface area contributed by atoms with E-state index >= 15 is 0 Å². The summed E-state index contributed by atoms with van der Waals surface area (Å²) in [4.78, 5) is 14.5. The molecule has 24 heavy (non-hydrogen) atoms. The maximum atomic E-state index is 12.6. The summed E-state index contributed by atoms with van der Waals surface area (Å²) in [5.41, 5.74) is 2.86. The van der Waals surface area contributed by atoms with Crippen LogP contribution in [-0.4, -0.2) is 34.6 Å². The van der Waals surface area contributed by atoms with E-state index in [9.17, 15) is 9.90 Å². The monoisotopic (exact) mass is 386 g/mol. The first-order valence-electron chi connectivity index (χ1n) is 8.23. The third kappa shape index (κ3) is 2.72. The maximum Gasteiger partial charge on any atom is 0.254 e. The van der Waals surface area contributed by atoms with Crippen molar-refractivity contribution in [3.8, 4) is 0 Å². The van der Waals surface area contributed by atoms with Crippen LogP contribution in [0, 0.1) is 0 Å². The molecule has 4 nitrogen and oxygen atoms in total. The molecule has 0 bridgehead atoms. The van der Waals surface area contributed by atoms with Crippen molar-refractivity contribution in [1.82, 2.24) is 4.90 Å². The number of carbonyl (C=O) groups excluding carboxylic acids is 1. The zero-order chi connectivity index (χ0) is 16.7. The fraction of sp³-hybridized carbons (Fsp3) is 0.316. The normalized spacial score (nSPS) is 25.8. The van der Waals surface area contributed by atoms with Crippen molar-refractivity contribution < 1.29 is 9.90 Å². The first kappa shape index (κ1) is 15.7. The Morgan fingerprint density at radius 1 is 1.17 bits per heavy atom. The highest BCUT2D eigenvalue weighted by Gasteiger charge is 2.41. The second kappa shape index (κ2) is 6.22. The van der Waals surface area contributed by atoms with Crippen LogP contribution in [0.4, 0.5) is 5.69 Å². The van der Waals surface area contributed by atoms with Gasteiger partial charge >= 0.3 is 0 Å². The standard InChI is InChI=1S/C19H19BrN2O2/c20-12-4-3-5-13(10-12)21-16-11-17-14-6-1-2-7-15(14)19(24)22(17)9-8-18(16)23/h1-7,10,16-18,21,23H,8-9,11H2/t16-,17-,18-/m0/s1. The molecule has 0 aromatic heterocycles. The van der Waals surface area contributed by atoms with Gasteiger partial charge < -0.3 is 15.3 Å². The predicted molar refractivity (Wildman–Crippen MR) is 97.0 cm³/mol. The van der Waals surface area contributed by atoms with Gasteiger partial charge in [-0.15, -0.1) is 0 Å². The number of aliphatic hydroxyl groups is 1. The summed E-state index contributed by atoms with van der Waals surface area (Å²) < 4.78 is 0.999. The molecule has 1 fully saturated rings. The van der Waals surface area contributed by atoms with Gasteiger partial charge in [0, 0.05) is 22.3 Å². The topological polar surface area (TPSA) is 52.6 Å². The Morgan fingerprint density at radius 3 is 2.83 bits per heavy atom. The molecule has 2 N–H and O–H groups in total. The number of benzene rings is 2. The van der Waals surface area contributed by atoms with E-state index in [2.05, 4.69) is 21.2 Å². The van der Waals surface area contributed by atoms with Crippen molar-refractivity contribution in [2.45, 2.75) is 31.0 Å². The summed E-state index contributed by atoms with van der Waals surface area (Å²) in [5.74, 6) is 0.0888. The second-order valence-electron chi connectivity index (χ2n) is 6.45. The molecule has 0 unspecified atom stereocenters.